The van der Waals surface area contributed by atoms with E-state index in [1.807, 2.05) is 0 Å². The Labute approximate surface area is 124 Å². The summed E-state index contributed by atoms with van der Waals surface area (Å²) in [5.41, 5.74) is -0.733. The molecule has 0 spiro atoms. The lowest BCUT2D eigenvalue weighted by molar-refractivity contribution is -0.171. The van der Waals surface area contributed by atoms with Gasteiger partial charge in [0.15, 0.2) is 6.10 Å². The minimum absolute atomic E-state index is 0.216. The van der Waals surface area contributed by atoms with Crippen LogP contribution >= 0.6 is 0 Å². The van der Waals surface area contributed by atoms with Crippen LogP contribution in [0.2, 0.25) is 0 Å². The molecule has 1 aliphatic heterocycles. The van der Waals surface area contributed by atoms with Crippen molar-refractivity contribution in [2.24, 2.45) is 5.41 Å². The highest BCUT2D eigenvalue weighted by Gasteiger charge is 2.51. The third-order valence-electron chi connectivity index (χ3n) is 3.32. The normalized spacial score (nSPS) is 31.2. The highest BCUT2D eigenvalue weighted by molar-refractivity contribution is 5.75. The van der Waals surface area contributed by atoms with E-state index in [1.165, 1.54) is 21.3 Å². The van der Waals surface area contributed by atoms with Crippen LogP contribution < -0.4 is 0 Å². The Balaban J connectivity index is 2.84. The maximum atomic E-state index is 14.1. The van der Waals surface area contributed by atoms with Gasteiger partial charge in [-0.1, -0.05) is 0 Å². The molecular formula is C14H25FO6. The lowest BCUT2D eigenvalue weighted by atomic mass is 9.97. The van der Waals surface area contributed by atoms with Gasteiger partial charge >= 0.3 is 5.97 Å². The van der Waals surface area contributed by atoms with Crippen LogP contribution in [-0.4, -0.2) is 64.7 Å². The highest BCUT2D eigenvalue weighted by Crippen LogP contribution is 2.31. The second-order valence-corrected chi connectivity index (χ2v) is 6.00. The number of ether oxygens (including phenoxy) is 5. The van der Waals surface area contributed by atoms with E-state index in [-0.39, 0.29) is 6.61 Å². The first-order chi connectivity index (χ1) is 9.76. The molecule has 7 heteroatoms. The molecule has 6 nitrogen and oxygen atoms in total. The Hall–Kier alpha value is -0.760. The predicted molar refractivity (Wildman–Crippen MR) is 72.6 cm³/mol. The average Bonchev–Trinajstić information content (AvgIpc) is 2.71. The van der Waals surface area contributed by atoms with Gasteiger partial charge in [-0.05, 0) is 20.8 Å². The van der Waals surface area contributed by atoms with Gasteiger partial charge in [0.05, 0.1) is 12.0 Å². The molecule has 1 fully saturated rings. The number of carbonyl (C=O) groups excluding carboxylic acids is 1. The van der Waals surface area contributed by atoms with Crippen molar-refractivity contribution in [2.45, 2.75) is 51.5 Å². The van der Waals surface area contributed by atoms with Gasteiger partial charge in [0, 0.05) is 21.3 Å². The molecule has 0 saturated carbocycles. The van der Waals surface area contributed by atoms with Crippen LogP contribution in [-0.2, 0) is 28.5 Å². The fourth-order valence-corrected chi connectivity index (χ4v) is 2.09. The molecule has 0 aliphatic carbocycles. The molecule has 0 unspecified atom stereocenters. The Morgan fingerprint density at radius 3 is 2.29 bits per heavy atom. The Morgan fingerprint density at radius 1 is 1.24 bits per heavy atom. The second kappa shape index (κ2) is 7.49. The highest BCUT2D eigenvalue weighted by atomic mass is 19.1. The van der Waals surface area contributed by atoms with Gasteiger partial charge in [-0.2, -0.15) is 0 Å². The molecule has 0 bridgehead atoms. The first-order valence-corrected chi connectivity index (χ1v) is 6.81. The van der Waals surface area contributed by atoms with Crippen LogP contribution in [0.1, 0.15) is 20.8 Å². The number of hydrogen-bond donors (Lipinski definition) is 0. The quantitative estimate of drug-likeness (QED) is 0.690. The average molecular weight is 308 g/mol. The van der Waals surface area contributed by atoms with Crippen molar-refractivity contribution in [2.75, 3.05) is 27.9 Å². The molecule has 0 aromatic heterocycles. The molecule has 1 aliphatic rings. The Morgan fingerprint density at radius 2 is 1.86 bits per heavy atom. The van der Waals surface area contributed by atoms with Crippen molar-refractivity contribution in [3.8, 4) is 0 Å². The Kier molecular flexibility index (Phi) is 6.52. The van der Waals surface area contributed by atoms with Gasteiger partial charge < -0.3 is 23.7 Å². The van der Waals surface area contributed by atoms with Crippen molar-refractivity contribution in [3.63, 3.8) is 0 Å². The molecule has 0 aromatic rings. The predicted octanol–water partition coefficient (Wildman–Crippen LogP) is 1.32. The summed E-state index contributed by atoms with van der Waals surface area (Å²) in [6.07, 6.45) is -4.88. The minimum atomic E-state index is -1.76. The summed E-state index contributed by atoms with van der Waals surface area (Å²) in [4.78, 5) is 11.9. The summed E-state index contributed by atoms with van der Waals surface area (Å²) in [7, 11) is 4.39. The summed E-state index contributed by atoms with van der Waals surface area (Å²) in [6.45, 7) is 5.30. The van der Waals surface area contributed by atoms with E-state index in [4.69, 9.17) is 23.7 Å². The molecule has 1 rings (SSSR count). The SMILES string of the molecule is COC[C@@H](OC)[C@H]1O[C@@H](F)[C@H](OC(=O)C(C)(C)C)[C@H]1OC. The summed E-state index contributed by atoms with van der Waals surface area (Å²) in [5, 5.41) is 0. The number of esters is 1. The van der Waals surface area contributed by atoms with Crippen LogP contribution in [0, 0.1) is 5.41 Å². The lowest BCUT2D eigenvalue weighted by Gasteiger charge is -2.27. The van der Waals surface area contributed by atoms with Crippen molar-refractivity contribution < 1.29 is 32.9 Å². The standard InChI is InChI=1S/C14H25FO6/c1-14(2,3)13(16)21-11-10(19-6)9(20-12(11)15)8(18-5)7-17-4/h8-12H,7H2,1-6H3/t8-,9-,10+,11-,12-/m1/s1. The molecule has 124 valence electrons. The van der Waals surface area contributed by atoms with Gasteiger partial charge in [-0.15, -0.1) is 0 Å². The van der Waals surface area contributed by atoms with E-state index in [0.717, 1.165) is 0 Å². The molecule has 0 aromatic carbocycles. The zero-order chi connectivity index (χ0) is 16.2. The van der Waals surface area contributed by atoms with Crippen molar-refractivity contribution in [1.29, 1.82) is 0 Å². The van der Waals surface area contributed by atoms with Crippen molar-refractivity contribution >= 4 is 5.97 Å². The van der Waals surface area contributed by atoms with E-state index in [2.05, 4.69) is 0 Å². The number of halogens is 1. The van der Waals surface area contributed by atoms with Crippen LogP contribution in [0.5, 0.6) is 0 Å². The largest absolute Gasteiger partial charge is 0.453 e. The van der Waals surface area contributed by atoms with Gasteiger partial charge in [-0.3, -0.25) is 4.79 Å². The van der Waals surface area contributed by atoms with E-state index in [9.17, 15) is 9.18 Å². The van der Waals surface area contributed by atoms with Gasteiger partial charge in [0.2, 0.25) is 6.36 Å². The van der Waals surface area contributed by atoms with Crippen molar-refractivity contribution in [3.05, 3.63) is 0 Å². The maximum absolute atomic E-state index is 14.1. The number of methoxy groups -OCH3 is 3. The number of alkyl halides is 1. The van der Waals surface area contributed by atoms with Crippen LogP contribution in [0.25, 0.3) is 0 Å². The minimum Gasteiger partial charge on any atom is -0.453 e. The number of rotatable bonds is 6. The molecule has 1 saturated heterocycles. The van der Waals surface area contributed by atoms with Gasteiger partial charge in [0.1, 0.15) is 18.3 Å². The second-order valence-electron chi connectivity index (χ2n) is 6.00. The van der Waals surface area contributed by atoms with Crippen LogP contribution in [0.15, 0.2) is 0 Å². The fraction of sp³-hybridized carbons (Fsp3) is 0.929. The zero-order valence-corrected chi connectivity index (χ0v) is 13.4. The smallest absolute Gasteiger partial charge is 0.311 e. The molecular weight excluding hydrogens is 283 g/mol. The van der Waals surface area contributed by atoms with E-state index in [1.54, 1.807) is 20.8 Å². The summed E-state index contributed by atoms with van der Waals surface area (Å²) < 4.78 is 40.1. The lowest BCUT2D eigenvalue weighted by Crippen LogP contribution is -2.45. The summed E-state index contributed by atoms with van der Waals surface area (Å²) >= 11 is 0. The monoisotopic (exact) mass is 308 g/mol. The van der Waals surface area contributed by atoms with Crippen molar-refractivity contribution in [1.82, 2.24) is 0 Å². The van der Waals surface area contributed by atoms with Crippen LogP contribution in [0.3, 0.4) is 0 Å². The van der Waals surface area contributed by atoms with E-state index < -0.39 is 42.2 Å². The third kappa shape index (κ3) is 4.35. The number of carbonyl (C=O) groups is 1. The zero-order valence-electron chi connectivity index (χ0n) is 13.4. The van der Waals surface area contributed by atoms with Gasteiger partial charge in [0.25, 0.3) is 0 Å². The summed E-state index contributed by atoms with van der Waals surface area (Å²) in [5.74, 6) is -0.512. The Bertz CT molecular complexity index is 343. The fourth-order valence-electron chi connectivity index (χ4n) is 2.09. The van der Waals surface area contributed by atoms with Crippen LogP contribution in [0.4, 0.5) is 4.39 Å². The first kappa shape index (κ1) is 18.3. The maximum Gasteiger partial charge on any atom is 0.311 e. The number of hydrogen-bond acceptors (Lipinski definition) is 6. The topological polar surface area (TPSA) is 63.2 Å². The summed E-state index contributed by atoms with van der Waals surface area (Å²) in [6, 6.07) is 0. The molecule has 0 radical (unpaired) electrons. The molecule has 21 heavy (non-hydrogen) atoms. The first-order valence-electron chi connectivity index (χ1n) is 6.81. The van der Waals surface area contributed by atoms with E-state index in [0.29, 0.717) is 0 Å². The van der Waals surface area contributed by atoms with Gasteiger partial charge in [-0.25, -0.2) is 4.39 Å². The molecule has 0 amide bonds. The van der Waals surface area contributed by atoms with E-state index >= 15 is 0 Å². The third-order valence-corrected chi connectivity index (χ3v) is 3.32. The molecule has 5 atom stereocenters. The molecule has 1 heterocycles. The molecule has 0 N–H and O–H groups in total.